The van der Waals surface area contributed by atoms with E-state index in [1.807, 2.05) is 0 Å². The number of aromatic nitrogens is 1. The Balaban J connectivity index is 1.93. The monoisotopic (exact) mass is 428 g/mol. The highest BCUT2D eigenvalue weighted by Crippen LogP contribution is 2.51. The van der Waals surface area contributed by atoms with Crippen LogP contribution in [-0.4, -0.2) is 27.2 Å². The molecule has 2 aromatic carbocycles. The lowest BCUT2D eigenvalue weighted by molar-refractivity contribution is 0.0602. The van der Waals surface area contributed by atoms with Gasteiger partial charge in [0.25, 0.3) is 0 Å². The van der Waals surface area contributed by atoms with E-state index in [4.69, 9.17) is 16.3 Å². The molecular weight excluding hydrogens is 412 g/mol. The summed E-state index contributed by atoms with van der Waals surface area (Å²) in [4.78, 5) is 16.7. The number of hydrogen-bond acceptors (Lipinski definition) is 6. The van der Waals surface area contributed by atoms with Gasteiger partial charge in [-0.25, -0.2) is 4.79 Å². The van der Waals surface area contributed by atoms with Gasteiger partial charge in [-0.2, -0.15) is 10.6 Å². The number of benzene rings is 2. The second-order valence-electron chi connectivity index (χ2n) is 6.39. The summed E-state index contributed by atoms with van der Waals surface area (Å²) in [5, 5.41) is 7.32. The predicted molar refractivity (Wildman–Crippen MR) is 118 cm³/mol. The summed E-state index contributed by atoms with van der Waals surface area (Å²) >= 11 is 6.22. The van der Waals surface area contributed by atoms with Gasteiger partial charge in [-0.15, -0.1) is 0 Å². The van der Waals surface area contributed by atoms with Crippen molar-refractivity contribution in [3.63, 3.8) is 0 Å². The predicted octanol–water partition coefficient (Wildman–Crippen LogP) is 6.04. The molecule has 2 heterocycles. The lowest BCUT2D eigenvalue weighted by Crippen LogP contribution is -2.06. The van der Waals surface area contributed by atoms with Gasteiger partial charge in [-0.05, 0) is 36.4 Å². The Labute approximate surface area is 173 Å². The molecule has 0 spiro atoms. The van der Waals surface area contributed by atoms with Crippen LogP contribution in [0.1, 0.15) is 15.9 Å². The smallest absolute Gasteiger partial charge is 0.339 e. The van der Waals surface area contributed by atoms with Crippen LogP contribution in [0, 0.1) is 0 Å². The largest absolute Gasteiger partial charge is 0.465 e. The van der Waals surface area contributed by atoms with Crippen molar-refractivity contribution in [2.45, 2.75) is 0 Å². The first kappa shape index (κ1) is 19.5. The normalized spacial score (nSPS) is 15.8. The number of hydrogen-bond donors (Lipinski definition) is 3. The second-order valence-corrected chi connectivity index (χ2v) is 8.61. The summed E-state index contributed by atoms with van der Waals surface area (Å²) in [5.41, 5.74) is 3.51. The quantitative estimate of drug-likeness (QED) is 0.439. The van der Waals surface area contributed by atoms with E-state index in [-0.39, 0.29) is 0 Å². The Kier molecular flexibility index (Phi) is 5.06. The summed E-state index contributed by atoms with van der Waals surface area (Å²) in [6, 6.07) is 12.3. The lowest BCUT2D eigenvalue weighted by atomic mass is 10.0. The van der Waals surface area contributed by atoms with Crippen molar-refractivity contribution in [2.24, 2.45) is 0 Å². The van der Waals surface area contributed by atoms with Gasteiger partial charge in [0.2, 0.25) is 0 Å². The molecule has 1 aliphatic rings. The first-order valence-corrected chi connectivity index (χ1v) is 10.6. The first-order valence-electron chi connectivity index (χ1n) is 8.59. The number of allylic oxidation sites excluding steroid dienone is 2. The van der Waals surface area contributed by atoms with Gasteiger partial charge < -0.3 is 10.1 Å². The first-order chi connectivity index (χ1) is 13.9. The number of carbonyl (C=O) groups excluding carboxylic acids is 1. The molecule has 0 saturated carbocycles. The SMILES string of the molecule is COC(=O)c1ccccc1Nc1c(C2=CS(O)(O)C=C2)cnc2ccc(Cl)cc12. The summed E-state index contributed by atoms with van der Waals surface area (Å²) in [6.45, 7) is 0. The van der Waals surface area contributed by atoms with E-state index in [9.17, 15) is 13.9 Å². The minimum Gasteiger partial charge on any atom is -0.465 e. The maximum atomic E-state index is 12.2. The molecule has 8 heteroatoms. The molecule has 6 nitrogen and oxygen atoms in total. The number of ether oxygens (including phenoxy) is 1. The molecule has 3 N–H and O–H groups in total. The number of anilines is 2. The standard InChI is InChI=1S/C21H17ClN2O4S/c1-28-21(25)15-4-2-3-5-19(15)24-20-16-10-14(22)6-7-18(16)23-11-17(20)13-8-9-29(26,27)12-13/h2-12,26-27H,1H3,(H,23,24). The van der Waals surface area contributed by atoms with Crippen LogP contribution in [-0.2, 0) is 4.74 Å². The third-order valence-corrected chi connectivity index (χ3v) is 5.85. The fourth-order valence-corrected chi connectivity index (χ4v) is 4.30. The minimum absolute atomic E-state index is 0.369. The van der Waals surface area contributed by atoms with Crippen molar-refractivity contribution < 1.29 is 18.6 Å². The zero-order valence-corrected chi connectivity index (χ0v) is 16.9. The lowest BCUT2D eigenvalue weighted by Gasteiger charge is -2.20. The van der Waals surface area contributed by atoms with Crippen LogP contribution < -0.4 is 5.32 Å². The molecule has 148 valence electrons. The number of carbonyl (C=O) groups is 1. The van der Waals surface area contributed by atoms with Gasteiger partial charge in [0.1, 0.15) is 0 Å². The number of esters is 1. The number of fused-ring (bicyclic) bond motifs is 1. The van der Waals surface area contributed by atoms with Crippen molar-refractivity contribution in [3.05, 3.63) is 81.7 Å². The van der Waals surface area contributed by atoms with Gasteiger partial charge in [0, 0.05) is 38.6 Å². The number of para-hydroxylation sites is 1. The van der Waals surface area contributed by atoms with Crippen molar-refractivity contribution >= 4 is 56.0 Å². The number of halogens is 1. The van der Waals surface area contributed by atoms with Crippen LogP contribution in [0.3, 0.4) is 0 Å². The topological polar surface area (TPSA) is 91.7 Å². The van der Waals surface area contributed by atoms with E-state index >= 15 is 0 Å². The van der Waals surface area contributed by atoms with Crippen molar-refractivity contribution in [1.29, 1.82) is 0 Å². The van der Waals surface area contributed by atoms with E-state index in [0.717, 1.165) is 5.39 Å². The van der Waals surface area contributed by atoms with Crippen LogP contribution >= 0.6 is 22.2 Å². The summed E-state index contributed by atoms with van der Waals surface area (Å²) < 4.78 is 24.8. The highest BCUT2D eigenvalue weighted by molar-refractivity contribution is 8.29. The van der Waals surface area contributed by atoms with Gasteiger partial charge in [0.05, 0.1) is 29.6 Å². The molecule has 4 rings (SSSR count). The minimum atomic E-state index is -2.92. The summed E-state index contributed by atoms with van der Waals surface area (Å²) in [5.74, 6) is -0.472. The molecule has 0 fully saturated rings. The van der Waals surface area contributed by atoms with Gasteiger partial charge in [0.15, 0.2) is 0 Å². The molecular formula is C21H17ClN2O4S. The number of methoxy groups -OCH3 is 1. The van der Waals surface area contributed by atoms with Gasteiger partial charge in [-0.1, -0.05) is 23.7 Å². The van der Waals surface area contributed by atoms with E-state index in [2.05, 4.69) is 10.3 Å². The number of nitrogens with one attached hydrogen (secondary N) is 1. The molecule has 0 bridgehead atoms. The van der Waals surface area contributed by atoms with Crippen molar-refractivity contribution in [1.82, 2.24) is 4.98 Å². The number of nitrogens with zero attached hydrogens (tertiary/aromatic N) is 1. The van der Waals surface area contributed by atoms with Gasteiger partial charge in [-0.3, -0.25) is 14.1 Å². The molecule has 0 unspecified atom stereocenters. The van der Waals surface area contributed by atoms with Crippen molar-refractivity contribution in [2.75, 3.05) is 12.4 Å². The van der Waals surface area contributed by atoms with Crippen LogP contribution in [0.25, 0.3) is 16.5 Å². The summed E-state index contributed by atoms with van der Waals surface area (Å²) in [7, 11) is -1.59. The van der Waals surface area contributed by atoms with Crippen molar-refractivity contribution in [3.8, 4) is 0 Å². The van der Waals surface area contributed by atoms with E-state index in [1.165, 1.54) is 17.9 Å². The fourth-order valence-electron chi connectivity index (χ4n) is 3.13. The van der Waals surface area contributed by atoms with E-state index in [1.54, 1.807) is 54.7 Å². The molecule has 3 aromatic rings. The highest BCUT2D eigenvalue weighted by atomic mass is 35.5. The average Bonchev–Trinajstić information content (AvgIpc) is 3.07. The Morgan fingerprint density at radius 2 is 2.00 bits per heavy atom. The third-order valence-electron chi connectivity index (χ3n) is 4.48. The Bertz CT molecular complexity index is 1190. The molecule has 0 atom stereocenters. The van der Waals surface area contributed by atoms with Crippen LogP contribution in [0.2, 0.25) is 5.02 Å². The Morgan fingerprint density at radius 1 is 1.21 bits per heavy atom. The Hall–Kier alpha value is -2.84. The third kappa shape index (κ3) is 3.86. The molecule has 0 radical (unpaired) electrons. The Morgan fingerprint density at radius 3 is 2.72 bits per heavy atom. The second kappa shape index (κ2) is 7.53. The zero-order chi connectivity index (χ0) is 20.6. The van der Waals surface area contributed by atoms with Crippen LogP contribution in [0.15, 0.2) is 65.6 Å². The molecule has 1 aliphatic heterocycles. The molecule has 1 aromatic heterocycles. The number of pyridine rings is 1. The maximum absolute atomic E-state index is 12.2. The average molecular weight is 429 g/mol. The summed E-state index contributed by atoms with van der Waals surface area (Å²) in [6.07, 6.45) is 3.29. The maximum Gasteiger partial charge on any atom is 0.339 e. The molecule has 0 aliphatic carbocycles. The zero-order valence-electron chi connectivity index (χ0n) is 15.3. The van der Waals surface area contributed by atoms with Gasteiger partial charge >= 0.3 is 5.97 Å². The fraction of sp³-hybridized carbons (Fsp3) is 0.0476. The van der Waals surface area contributed by atoms with Crippen LogP contribution in [0.4, 0.5) is 11.4 Å². The molecule has 0 amide bonds. The van der Waals surface area contributed by atoms with E-state index in [0.29, 0.717) is 38.6 Å². The van der Waals surface area contributed by atoms with E-state index < -0.39 is 16.6 Å². The molecule has 0 saturated heterocycles. The molecule has 29 heavy (non-hydrogen) atoms. The number of rotatable bonds is 4. The van der Waals surface area contributed by atoms with Crippen LogP contribution in [0.5, 0.6) is 0 Å². The highest BCUT2D eigenvalue weighted by Gasteiger charge is 2.20.